The smallest absolute Gasteiger partial charge is 0.242 e. The van der Waals surface area contributed by atoms with Crippen molar-refractivity contribution in [2.24, 2.45) is 7.05 Å². The lowest BCUT2D eigenvalue weighted by molar-refractivity contribution is -0.121. The van der Waals surface area contributed by atoms with Crippen LogP contribution in [0.2, 0.25) is 5.02 Å². The number of nitrogens with zero attached hydrogens (tertiary/aromatic N) is 3. The highest BCUT2D eigenvalue weighted by molar-refractivity contribution is 7.08. The third kappa shape index (κ3) is 4.36. The number of methoxy groups -OCH3 is 1. The van der Waals surface area contributed by atoms with Gasteiger partial charge in [0.05, 0.1) is 18.5 Å². The standard InChI is InChI=1S/C24H25ClN4O2S/c1-14-19(15(2)26-23-21(14)24(31-4)28-29(23)3)9-10-20(30)27-22(17-11-12-32-13-17)16-5-7-18(25)8-6-16/h5-8,11-13,22H,9-10H2,1-4H3,(H,27,30). The van der Waals surface area contributed by atoms with E-state index in [9.17, 15) is 4.79 Å². The number of fused-ring (bicyclic) bond motifs is 1. The molecule has 1 N–H and O–H groups in total. The quantitative estimate of drug-likeness (QED) is 0.407. The summed E-state index contributed by atoms with van der Waals surface area (Å²) in [6, 6.07) is 9.41. The summed E-state index contributed by atoms with van der Waals surface area (Å²) in [5.74, 6) is 0.534. The fraction of sp³-hybridized carbons (Fsp3) is 0.292. The lowest BCUT2D eigenvalue weighted by Gasteiger charge is -2.19. The second-order valence-corrected chi connectivity index (χ2v) is 8.96. The zero-order valence-corrected chi connectivity index (χ0v) is 20.0. The van der Waals surface area contributed by atoms with Gasteiger partial charge in [-0.15, -0.1) is 5.10 Å². The van der Waals surface area contributed by atoms with E-state index in [0.717, 1.165) is 39.0 Å². The van der Waals surface area contributed by atoms with Crippen LogP contribution in [0.5, 0.6) is 5.88 Å². The zero-order chi connectivity index (χ0) is 22.8. The predicted molar refractivity (Wildman–Crippen MR) is 129 cm³/mol. The number of aryl methyl sites for hydroxylation is 3. The number of hydrogen-bond acceptors (Lipinski definition) is 5. The lowest BCUT2D eigenvalue weighted by Crippen LogP contribution is -2.29. The van der Waals surface area contributed by atoms with E-state index < -0.39 is 0 Å². The summed E-state index contributed by atoms with van der Waals surface area (Å²) in [6.07, 6.45) is 0.938. The van der Waals surface area contributed by atoms with Crippen molar-refractivity contribution in [1.29, 1.82) is 0 Å². The van der Waals surface area contributed by atoms with Crippen molar-refractivity contribution < 1.29 is 9.53 Å². The van der Waals surface area contributed by atoms with Crippen molar-refractivity contribution in [3.8, 4) is 5.88 Å². The number of rotatable bonds is 7. The topological polar surface area (TPSA) is 69.0 Å². The number of ether oxygens (including phenoxy) is 1. The van der Waals surface area contributed by atoms with E-state index in [1.807, 2.05) is 56.6 Å². The summed E-state index contributed by atoms with van der Waals surface area (Å²) in [5.41, 5.74) is 5.85. The van der Waals surface area contributed by atoms with E-state index in [2.05, 4.69) is 15.8 Å². The number of pyridine rings is 1. The van der Waals surface area contributed by atoms with Gasteiger partial charge in [0.15, 0.2) is 5.65 Å². The van der Waals surface area contributed by atoms with Crippen molar-refractivity contribution in [3.63, 3.8) is 0 Å². The van der Waals surface area contributed by atoms with Gasteiger partial charge in [0.2, 0.25) is 11.8 Å². The molecule has 8 heteroatoms. The van der Waals surface area contributed by atoms with Gasteiger partial charge in [-0.05, 0) is 71.5 Å². The maximum absolute atomic E-state index is 13.0. The van der Waals surface area contributed by atoms with Crippen molar-refractivity contribution in [2.45, 2.75) is 32.7 Å². The summed E-state index contributed by atoms with van der Waals surface area (Å²) >= 11 is 7.66. The van der Waals surface area contributed by atoms with Crippen molar-refractivity contribution in [2.75, 3.05) is 7.11 Å². The normalized spacial score (nSPS) is 12.2. The van der Waals surface area contributed by atoms with Crippen LogP contribution in [0.1, 0.15) is 40.4 Å². The van der Waals surface area contributed by atoms with Gasteiger partial charge in [-0.1, -0.05) is 23.7 Å². The molecule has 0 fully saturated rings. The molecular formula is C24H25ClN4O2S. The number of amides is 1. The van der Waals surface area contributed by atoms with E-state index in [-0.39, 0.29) is 11.9 Å². The molecule has 166 valence electrons. The fourth-order valence-electron chi connectivity index (χ4n) is 4.03. The van der Waals surface area contributed by atoms with E-state index in [0.29, 0.717) is 23.7 Å². The van der Waals surface area contributed by atoms with Crippen LogP contribution >= 0.6 is 22.9 Å². The van der Waals surface area contributed by atoms with Crippen LogP contribution in [0.15, 0.2) is 41.1 Å². The van der Waals surface area contributed by atoms with Crippen LogP contribution in [0.4, 0.5) is 0 Å². The van der Waals surface area contributed by atoms with Gasteiger partial charge in [-0.3, -0.25) is 4.79 Å². The molecule has 1 unspecified atom stereocenters. The largest absolute Gasteiger partial charge is 0.479 e. The van der Waals surface area contributed by atoms with E-state index in [4.69, 9.17) is 21.3 Å². The molecule has 32 heavy (non-hydrogen) atoms. The Morgan fingerprint density at radius 1 is 1.22 bits per heavy atom. The monoisotopic (exact) mass is 468 g/mol. The number of aromatic nitrogens is 3. The third-order valence-electron chi connectivity index (χ3n) is 5.70. The minimum absolute atomic E-state index is 0.0202. The third-order valence-corrected chi connectivity index (χ3v) is 6.66. The number of hydrogen-bond donors (Lipinski definition) is 1. The molecule has 1 amide bonds. The molecule has 4 aromatic rings. The van der Waals surface area contributed by atoms with Gasteiger partial charge in [-0.25, -0.2) is 9.67 Å². The molecule has 0 aliphatic rings. The molecule has 0 saturated heterocycles. The van der Waals surface area contributed by atoms with E-state index in [1.54, 1.807) is 23.1 Å². The number of benzene rings is 1. The Labute approximate surface area is 196 Å². The van der Waals surface area contributed by atoms with Crippen LogP contribution in [0.3, 0.4) is 0 Å². The number of carbonyl (C=O) groups is 1. The molecule has 0 spiro atoms. The highest BCUT2D eigenvalue weighted by Gasteiger charge is 2.20. The van der Waals surface area contributed by atoms with Crippen molar-refractivity contribution >= 4 is 39.9 Å². The number of carbonyl (C=O) groups excluding carboxylic acids is 1. The van der Waals surface area contributed by atoms with Crippen molar-refractivity contribution in [1.82, 2.24) is 20.1 Å². The average Bonchev–Trinajstić information content (AvgIpc) is 3.41. The maximum atomic E-state index is 13.0. The molecule has 0 radical (unpaired) electrons. The molecule has 6 nitrogen and oxygen atoms in total. The molecule has 3 aromatic heterocycles. The first-order valence-electron chi connectivity index (χ1n) is 10.3. The number of thiophene rings is 1. The van der Waals surface area contributed by atoms with Gasteiger partial charge in [-0.2, -0.15) is 11.3 Å². The lowest BCUT2D eigenvalue weighted by atomic mass is 9.98. The Balaban J connectivity index is 1.55. The molecule has 0 saturated carbocycles. The van der Waals surface area contributed by atoms with Gasteiger partial charge in [0.25, 0.3) is 0 Å². The van der Waals surface area contributed by atoms with E-state index in [1.165, 1.54) is 0 Å². The summed E-state index contributed by atoms with van der Waals surface area (Å²) in [6.45, 7) is 4.01. The average molecular weight is 469 g/mol. The zero-order valence-electron chi connectivity index (χ0n) is 18.5. The Hall–Kier alpha value is -2.90. The van der Waals surface area contributed by atoms with Gasteiger partial charge < -0.3 is 10.1 Å². The Bertz CT molecular complexity index is 1250. The molecule has 0 aliphatic carbocycles. The molecule has 0 bridgehead atoms. The van der Waals surface area contributed by atoms with Gasteiger partial charge in [0, 0.05) is 24.2 Å². The summed E-state index contributed by atoms with van der Waals surface area (Å²) < 4.78 is 7.17. The van der Waals surface area contributed by atoms with Crippen LogP contribution < -0.4 is 10.1 Å². The molecular weight excluding hydrogens is 444 g/mol. The summed E-state index contributed by atoms with van der Waals surface area (Å²) in [7, 11) is 3.46. The SMILES string of the molecule is COc1nn(C)c2nc(C)c(CCC(=O)NC(c3ccc(Cl)cc3)c3ccsc3)c(C)c12. The number of halogens is 1. The molecule has 3 heterocycles. The fourth-order valence-corrected chi connectivity index (χ4v) is 4.84. The van der Waals surface area contributed by atoms with Gasteiger partial charge >= 0.3 is 0 Å². The van der Waals surface area contributed by atoms with E-state index >= 15 is 0 Å². The number of nitrogens with one attached hydrogen (secondary N) is 1. The van der Waals surface area contributed by atoms with Gasteiger partial charge in [0.1, 0.15) is 0 Å². The van der Waals surface area contributed by atoms with Crippen LogP contribution in [-0.2, 0) is 18.3 Å². The Kier molecular flexibility index (Phi) is 6.48. The molecule has 4 rings (SSSR count). The second-order valence-electron chi connectivity index (χ2n) is 7.74. The molecule has 1 aromatic carbocycles. The first-order valence-corrected chi connectivity index (χ1v) is 11.6. The predicted octanol–water partition coefficient (Wildman–Crippen LogP) is 5.15. The Morgan fingerprint density at radius 3 is 2.62 bits per heavy atom. The van der Waals surface area contributed by atoms with Crippen LogP contribution in [-0.4, -0.2) is 27.8 Å². The molecule has 1 atom stereocenters. The molecule has 0 aliphatic heterocycles. The van der Waals surface area contributed by atoms with Crippen LogP contribution in [0, 0.1) is 13.8 Å². The highest BCUT2D eigenvalue weighted by Crippen LogP contribution is 2.31. The minimum atomic E-state index is -0.216. The second kappa shape index (κ2) is 9.30. The summed E-state index contributed by atoms with van der Waals surface area (Å²) in [4.78, 5) is 17.7. The first kappa shape index (κ1) is 22.3. The van der Waals surface area contributed by atoms with Crippen molar-refractivity contribution in [3.05, 3.63) is 74.1 Å². The highest BCUT2D eigenvalue weighted by atomic mass is 35.5. The van der Waals surface area contributed by atoms with Crippen LogP contribution in [0.25, 0.3) is 11.0 Å². The summed E-state index contributed by atoms with van der Waals surface area (Å²) in [5, 5.41) is 13.2. The minimum Gasteiger partial charge on any atom is -0.479 e. The maximum Gasteiger partial charge on any atom is 0.242 e. The Morgan fingerprint density at radius 2 is 1.97 bits per heavy atom. The first-order chi connectivity index (χ1) is 15.4.